The van der Waals surface area contributed by atoms with Crippen molar-refractivity contribution in [3.05, 3.63) is 93.8 Å². The molecule has 8 heteroatoms. The molecule has 188 valence electrons. The van der Waals surface area contributed by atoms with Crippen molar-refractivity contribution in [1.29, 1.82) is 0 Å². The monoisotopic (exact) mass is 511 g/mol. The van der Waals surface area contributed by atoms with Crippen molar-refractivity contribution in [2.24, 2.45) is 0 Å². The van der Waals surface area contributed by atoms with Gasteiger partial charge in [0.25, 0.3) is 5.91 Å². The van der Waals surface area contributed by atoms with Crippen LogP contribution in [0.4, 0.5) is 10.1 Å². The third kappa shape index (κ3) is 5.37. The van der Waals surface area contributed by atoms with Crippen LogP contribution in [0.5, 0.6) is 5.75 Å². The lowest BCUT2D eigenvalue weighted by molar-refractivity contribution is -0.136. The molecule has 1 heterocycles. The fourth-order valence-corrected chi connectivity index (χ4v) is 4.91. The molecule has 1 atom stereocenters. The van der Waals surface area contributed by atoms with Gasteiger partial charge in [0.2, 0.25) is 0 Å². The second-order valence-electron chi connectivity index (χ2n) is 9.65. The number of halogens is 2. The summed E-state index contributed by atoms with van der Waals surface area (Å²) in [5.74, 6) is -1.05. The molecule has 1 aliphatic rings. The van der Waals surface area contributed by atoms with Crippen LogP contribution in [-0.2, 0) is 28.0 Å². The molecule has 3 aromatic rings. The highest BCUT2D eigenvalue weighted by molar-refractivity contribution is 6.30. The number of anilines is 1. The van der Waals surface area contributed by atoms with Gasteiger partial charge in [0.1, 0.15) is 23.8 Å². The number of ether oxygens (including phenoxy) is 2. The number of aliphatic hydroxyl groups is 1. The molecule has 0 fully saturated rings. The number of nitrogens with one attached hydrogen (secondary N) is 1. The number of carbonyl (C=O) groups excluding carboxylic acids is 2. The van der Waals surface area contributed by atoms with Crippen LogP contribution in [0.3, 0.4) is 0 Å². The Morgan fingerprint density at radius 3 is 2.67 bits per heavy atom. The number of carbonyl (C=O) groups is 2. The first-order valence-corrected chi connectivity index (χ1v) is 11.8. The summed E-state index contributed by atoms with van der Waals surface area (Å²) in [4.78, 5) is 25.4. The molecule has 0 saturated carbocycles. The molecule has 2 N–H and O–H groups in total. The minimum atomic E-state index is -1.91. The van der Waals surface area contributed by atoms with Gasteiger partial charge in [0, 0.05) is 28.3 Å². The topological polar surface area (TPSA) is 84.9 Å². The van der Waals surface area contributed by atoms with Crippen LogP contribution >= 0.6 is 11.6 Å². The van der Waals surface area contributed by atoms with Gasteiger partial charge in [-0.25, -0.2) is 9.18 Å². The molecule has 4 rings (SSSR count). The molecular formula is C28H27ClFNO5. The fraction of sp³-hybridized carbons (Fsp3) is 0.286. The van der Waals surface area contributed by atoms with Gasteiger partial charge in [0.15, 0.2) is 0 Å². The SMILES string of the molecule is COc1ccc(F)cc1C(C)(C)CC(O)(Cc1cccc(Cl)c1)C(=O)Nc1ccc2c(c1)COC2=O. The highest BCUT2D eigenvalue weighted by atomic mass is 35.5. The fourth-order valence-electron chi connectivity index (χ4n) is 4.70. The first kappa shape index (κ1) is 25.7. The smallest absolute Gasteiger partial charge is 0.338 e. The highest BCUT2D eigenvalue weighted by Gasteiger charge is 2.43. The van der Waals surface area contributed by atoms with Crippen molar-refractivity contribution in [3.63, 3.8) is 0 Å². The van der Waals surface area contributed by atoms with Crippen molar-refractivity contribution < 1.29 is 28.6 Å². The largest absolute Gasteiger partial charge is 0.496 e. The normalized spacial score (nSPS) is 14.6. The van der Waals surface area contributed by atoms with E-state index in [1.807, 2.05) is 13.8 Å². The molecule has 0 aromatic heterocycles. The molecule has 0 aliphatic carbocycles. The molecule has 0 radical (unpaired) electrons. The number of rotatable bonds is 8. The molecule has 0 bridgehead atoms. The number of cyclic esters (lactones) is 1. The van der Waals surface area contributed by atoms with E-state index in [0.29, 0.717) is 38.7 Å². The third-order valence-electron chi connectivity index (χ3n) is 6.38. The van der Waals surface area contributed by atoms with Crippen molar-refractivity contribution in [2.45, 2.75) is 44.3 Å². The molecule has 1 amide bonds. The molecule has 0 spiro atoms. The number of hydrogen-bond donors (Lipinski definition) is 2. The minimum Gasteiger partial charge on any atom is -0.496 e. The van der Waals surface area contributed by atoms with Gasteiger partial charge in [-0.05, 0) is 65.9 Å². The molecule has 36 heavy (non-hydrogen) atoms. The average molecular weight is 512 g/mol. The summed E-state index contributed by atoms with van der Waals surface area (Å²) in [5, 5.41) is 15.1. The van der Waals surface area contributed by atoms with Gasteiger partial charge < -0.3 is 19.9 Å². The van der Waals surface area contributed by atoms with E-state index >= 15 is 0 Å². The van der Waals surface area contributed by atoms with Gasteiger partial charge in [0.05, 0.1) is 12.7 Å². The number of hydrogen-bond acceptors (Lipinski definition) is 5. The quantitative estimate of drug-likeness (QED) is 0.393. The first-order chi connectivity index (χ1) is 17.0. The number of fused-ring (bicyclic) bond motifs is 1. The summed E-state index contributed by atoms with van der Waals surface area (Å²) >= 11 is 6.16. The predicted octanol–water partition coefficient (Wildman–Crippen LogP) is 5.44. The van der Waals surface area contributed by atoms with Crippen LogP contribution in [0.1, 0.15) is 47.3 Å². The molecular weight excluding hydrogens is 485 g/mol. The molecule has 1 aliphatic heterocycles. The standard InChI is InChI=1S/C28H27ClFNO5/c1-27(2,23-13-20(30)7-10-24(23)35-3)16-28(34,14-17-5-4-6-19(29)11-17)26(33)31-21-8-9-22-18(12-21)15-36-25(22)32/h4-13,34H,14-16H2,1-3H3,(H,31,33). The highest BCUT2D eigenvalue weighted by Crippen LogP contribution is 2.40. The Balaban J connectivity index is 1.69. The summed E-state index contributed by atoms with van der Waals surface area (Å²) in [6.45, 7) is 3.76. The summed E-state index contributed by atoms with van der Waals surface area (Å²) in [5.41, 5.74) is -0.0662. The van der Waals surface area contributed by atoms with Crippen LogP contribution in [0.15, 0.2) is 60.7 Å². The zero-order valence-corrected chi connectivity index (χ0v) is 21.0. The average Bonchev–Trinajstić information content (AvgIpc) is 3.18. The summed E-state index contributed by atoms with van der Waals surface area (Å²) in [6, 6.07) is 15.9. The second kappa shape index (κ2) is 9.91. The Labute approximate surface area is 214 Å². The van der Waals surface area contributed by atoms with Gasteiger partial charge in [-0.3, -0.25) is 4.79 Å². The van der Waals surface area contributed by atoms with Gasteiger partial charge in [-0.1, -0.05) is 37.6 Å². The zero-order chi connectivity index (χ0) is 26.1. The Bertz CT molecular complexity index is 1330. The summed E-state index contributed by atoms with van der Waals surface area (Å²) < 4.78 is 24.6. The van der Waals surface area contributed by atoms with Crippen molar-refractivity contribution >= 4 is 29.2 Å². The van der Waals surface area contributed by atoms with Crippen LogP contribution in [0.25, 0.3) is 0 Å². The van der Waals surface area contributed by atoms with E-state index in [-0.39, 0.29) is 19.4 Å². The number of esters is 1. The van der Waals surface area contributed by atoms with Gasteiger partial charge >= 0.3 is 5.97 Å². The molecule has 0 saturated heterocycles. The zero-order valence-electron chi connectivity index (χ0n) is 20.2. The molecule has 1 unspecified atom stereocenters. The first-order valence-electron chi connectivity index (χ1n) is 11.4. The van der Waals surface area contributed by atoms with Crippen LogP contribution in [-0.4, -0.2) is 29.7 Å². The lowest BCUT2D eigenvalue weighted by Crippen LogP contribution is -2.49. The predicted molar refractivity (Wildman–Crippen MR) is 135 cm³/mol. The van der Waals surface area contributed by atoms with E-state index in [2.05, 4.69) is 5.32 Å². The maximum absolute atomic E-state index is 14.2. The van der Waals surface area contributed by atoms with Crippen LogP contribution < -0.4 is 10.1 Å². The number of amides is 1. The van der Waals surface area contributed by atoms with E-state index in [1.54, 1.807) is 42.5 Å². The number of methoxy groups -OCH3 is 1. The summed E-state index contributed by atoms with van der Waals surface area (Å²) in [6.07, 6.45) is -0.0856. The number of benzene rings is 3. The Morgan fingerprint density at radius 2 is 1.94 bits per heavy atom. The minimum absolute atomic E-state index is 0.0347. The molecule has 6 nitrogen and oxygen atoms in total. The van der Waals surface area contributed by atoms with Gasteiger partial charge in [-0.15, -0.1) is 0 Å². The van der Waals surface area contributed by atoms with Crippen molar-refractivity contribution in [3.8, 4) is 5.75 Å². The summed E-state index contributed by atoms with van der Waals surface area (Å²) in [7, 11) is 1.49. The lowest BCUT2D eigenvalue weighted by Gasteiger charge is -2.36. The van der Waals surface area contributed by atoms with E-state index < -0.39 is 28.7 Å². The van der Waals surface area contributed by atoms with Crippen LogP contribution in [0.2, 0.25) is 5.02 Å². The van der Waals surface area contributed by atoms with Crippen molar-refractivity contribution in [2.75, 3.05) is 12.4 Å². The lowest BCUT2D eigenvalue weighted by atomic mass is 9.72. The Hall–Kier alpha value is -3.42. The van der Waals surface area contributed by atoms with E-state index in [9.17, 15) is 19.1 Å². The second-order valence-corrected chi connectivity index (χ2v) is 10.1. The van der Waals surface area contributed by atoms with E-state index in [4.69, 9.17) is 21.1 Å². The van der Waals surface area contributed by atoms with E-state index in [0.717, 1.165) is 0 Å². The van der Waals surface area contributed by atoms with Gasteiger partial charge in [-0.2, -0.15) is 0 Å². The van der Waals surface area contributed by atoms with Crippen molar-refractivity contribution in [1.82, 2.24) is 0 Å². The third-order valence-corrected chi connectivity index (χ3v) is 6.61. The maximum Gasteiger partial charge on any atom is 0.338 e. The molecule has 3 aromatic carbocycles. The Kier molecular flexibility index (Phi) is 7.07. The maximum atomic E-state index is 14.2. The Morgan fingerprint density at radius 1 is 1.17 bits per heavy atom. The van der Waals surface area contributed by atoms with Crippen LogP contribution in [0, 0.1) is 5.82 Å². The van der Waals surface area contributed by atoms with E-state index in [1.165, 1.54) is 25.3 Å².